The molecule has 29 heavy (non-hydrogen) atoms. The van der Waals surface area contributed by atoms with Gasteiger partial charge in [-0.3, -0.25) is 19.5 Å². The summed E-state index contributed by atoms with van der Waals surface area (Å²) in [5, 5.41) is 51.5. The van der Waals surface area contributed by atoms with Gasteiger partial charge in [0.15, 0.2) is 0 Å². The normalized spacial score (nSPS) is 10.3. The number of hydrogen-bond donors (Lipinski definition) is 1. The number of carbonyl (C=O) groups is 5. The molecule has 0 aromatic heterocycles. The second kappa shape index (κ2) is 17.2. The topological polar surface area (TPSA) is 208 Å². The molecule has 0 aromatic rings. The van der Waals surface area contributed by atoms with Crippen LogP contribution in [0.5, 0.6) is 0 Å². The molecule has 0 spiro atoms. The van der Waals surface area contributed by atoms with Crippen LogP contribution < -0.4 is 20.4 Å². The van der Waals surface area contributed by atoms with Crippen LogP contribution in [0.1, 0.15) is 0 Å². The Bertz CT molecular complexity index is 492. The Morgan fingerprint density at radius 3 is 1.03 bits per heavy atom. The van der Waals surface area contributed by atoms with E-state index in [1.807, 2.05) is 0 Å². The summed E-state index contributed by atoms with van der Waals surface area (Å²) in [7, 11) is 0. The summed E-state index contributed by atoms with van der Waals surface area (Å²) >= 11 is 0. The molecule has 0 radical (unpaired) electrons. The molecule has 0 amide bonds. The molecule has 0 unspecified atom stereocenters. The van der Waals surface area contributed by atoms with Gasteiger partial charge in [0.05, 0.1) is 30.4 Å². The molecule has 0 bridgehead atoms. The van der Waals surface area contributed by atoms with Crippen LogP contribution in [-0.4, -0.2) is 109 Å². The summed E-state index contributed by atoms with van der Waals surface area (Å²) in [5.74, 6) is -7.37. The Balaban J connectivity index is -0.00000338. The van der Waals surface area contributed by atoms with Crippen molar-refractivity contribution in [2.45, 2.75) is 0 Å². The maximum atomic E-state index is 10.8. The Hall–Kier alpha value is -1.73. The molecule has 0 fully saturated rings. The minimum absolute atomic E-state index is 0. The smallest absolute Gasteiger partial charge is 0.549 e. The van der Waals surface area contributed by atoms with Gasteiger partial charge in [0.25, 0.3) is 0 Å². The number of hydrogen-bond acceptors (Lipinski definition) is 12. The van der Waals surface area contributed by atoms with E-state index < -0.39 is 62.6 Å². The molecule has 13 nitrogen and oxygen atoms in total. The van der Waals surface area contributed by atoms with E-state index in [0.717, 1.165) is 9.80 Å². The van der Waals surface area contributed by atoms with Gasteiger partial charge in [-0.15, -0.1) is 0 Å². The molecule has 0 heterocycles. The third kappa shape index (κ3) is 19.4. The van der Waals surface area contributed by atoms with E-state index in [2.05, 4.69) is 0 Å². The van der Waals surface area contributed by atoms with Crippen LogP contribution in [0.15, 0.2) is 0 Å². The molecule has 0 atom stereocenters. The van der Waals surface area contributed by atoms with E-state index in [9.17, 15) is 44.4 Å². The van der Waals surface area contributed by atoms with Gasteiger partial charge >= 0.3 is 40.1 Å². The molecule has 0 aliphatic rings. The zero-order valence-electron chi connectivity index (χ0n) is 15.0. The Morgan fingerprint density at radius 1 is 0.517 bits per heavy atom. The van der Waals surface area contributed by atoms with Crippen molar-refractivity contribution in [1.29, 1.82) is 0 Å². The van der Waals surface area contributed by atoms with Crippen molar-refractivity contribution in [3.8, 4) is 0 Å². The van der Waals surface area contributed by atoms with Gasteiger partial charge in [0.1, 0.15) is 0 Å². The number of nitrogens with zero attached hydrogens (tertiary/aromatic N) is 3. The number of aliphatic carboxylic acids is 5. The van der Waals surface area contributed by atoms with Crippen LogP contribution in [0, 0.1) is 0 Å². The average Bonchev–Trinajstić information content (AvgIpc) is 2.46. The van der Waals surface area contributed by atoms with Crippen molar-refractivity contribution < 1.29 is 83.6 Å². The van der Waals surface area contributed by atoms with Gasteiger partial charge in [-0.25, -0.2) is 0 Å². The summed E-state index contributed by atoms with van der Waals surface area (Å²) in [6, 6.07) is 0. The number of carbonyl (C=O) groups excluding carboxylic acids is 4. The molecule has 166 valence electrons. The van der Waals surface area contributed by atoms with Crippen LogP contribution in [0.4, 0.5) is 0 Å². The first-order chi connectivity index (χ1) is 12.5. The van der Waals surface area contributed by atoms with Gasteiger partial charge in [0.2, 0.25) is 0 Å². The van der Waals surface area contributed by atoms with Crippen molar-refractivity contribution >= 4 is 29.8 Å². The molecule has 0 aliphatic carbocycles. The van der Waals surface area contributed by atoms with E-state index in [-0.39, 0.29) is 60.3 Å². The molecule has 0 aliphatic heterocycles. The van der Waals surface area contributed by atoms with Gasteiger partial charge in [0, 0.05) is 52.4 Å². The summed E-state index contributed by atoms with van der Waals surface area (Å²) < 4.78 is 0. The van der Waals surface area contributed by atoms with Gasteiger partial charge in [-0.1, -0.05) is 0 Å². The maximum absolute atomic E-state index is 10.8. The fourth-order valence-corrected chi connectivity index (χ4v) is 2.19. The van der Waals surface area contributed by atoms with Crippen LogP contribution in [-0.2, 0) is 58.1 Å². The third-order valence-corrected chi connectivity index (χ3v) is 3.23. The predicted molar refractivity (Wildman–Crippen MR) is 77.0 cm³/mol. The van der Waals surface area contributed by atoms with Crippen molar-refractivity contribution in [3.63, 3.8) is 0 Å². The Labute approximate surface area is 187 Å². The minimum atomic E-state index is -1.54. The van der Waals surface area contributed by atoms with Crippen molar-refractivity contribution in [3.05, 3.63) is 0 Å². The van der Waals surface area contributed by atoms with E-state index >= 15 is 0 Å². The van der Waals surface area contributed by atoms with Crippen molar-refractivity contribution in [2.75, 3.05) is 58.9 Å². The molecule has 15 heteroatoms. The Kier molecular flexibility index (Phi) is 18.9. The summed E-state index contributed by atoms with van der Waals surface area (Å²) in [4.78, 5) is 56.6. The largest absolute Gasteiger partial charge is 2.00 e. The van der Waals surface area contributed by atoms with Crippen LogP contribution in [0.25, 0.3) is 0 Å². The minimum Gasteiger partial charge on any atom is -0.549 e. The summed E-state index contributed by atoms with van der Waals surface area (Å²) in [5.41, 5.74) is 0. The monoisotopic (exact) mass is 501 g/mol. The van der Waals surface area contributed by atoms with Crippen molar-refractivity contribution in [2.24, 2.45) is 0 Å². The van der Waals surface area contributed by atoms with Crippen LogP contribution >= 0.6 is 0 Å². The second-order valence-electron chi connectivity index (χ2n) is 5.58. The second-order valence-corrected chi connectivity index (χ2v) is 5.58. The third-order valence-electron chi connectivity index (χ3n) is 3.23. The zero-order valence-corrected chi connectivity index (χ0v) is 17.2. The number of carboxylic acids is 5. The van der Waals surface area contributed by atoms with E-state index in [1.54, 1.807) is 0 Å². The molecule has 0 saturated carbocycles. The number of carboxylic acid groups (broad SMARTS) is 5. The molecule has 0 rings (SSSR count). The molecule has 0 aromatic carbocycles. The van der Waals surface area contributed by atoms with Gasteiger partial charge in [-0.05, 0) is 0 Å². The van der Waals surface area contributed by atoms with Gasteiger partial charge < -0.3 is 44.7 Å². The van der Waals surface area contributed by atoms with Crippen LogP contribution in [0.3, 0.4) is 0 Å². The zero-order chi connectivity index (χ0) is 21.0. The molecule has 1 N–H and O–H groups in total. The fraction of sp³-hybridized carbons (Fsp3) is 0.643. The molecule has 0 saturated heterocycles. The first-order valence-electron chi connectivity index (χ1n) is 7.67. The molecular weight excluding hydrogens is 482 g/mol. The summed E-state index contributed by atoms with van der Waals surface area (Å²) in [6.07, 6.45) is 0. The predicted octanol–water partition coefficient (Wildman–Crippen LogP) is -8.03. The van der Waals surface area contributed by atoms with Crippen LogP contribution in [0.2, 0.25) is 0 Å². The van der Waals surface area contributed by atoms with Gasteiger partial charge in [-0.2, -0.15) is 0 Å². The standard InChI is InChI=1S/C14H23N3O10.2Fe/c18-10(19)5-15(1-3-16(6-11(20)21)7-12(22)23)2-4-17(8-13(24)25)9-14(26)27;;/h1-9H2,(H,18,19)(H,20,21)(H,22,23)(H,24,25)(H,26,27);;/q;2*+2/p-4. The Morgan fingerprint density at radius 2 is 0.759 bits per heavy atom. The summed E-state index contributed by atoms with van der Waals surface area (Å²) in [6.45, 7) is -3.88. The molecular formula is C14H19Fe2N3O10. The van der Waals surface area contributed by atoms with E-state index in [0.29, 0.717) is 0 Å². The number of rotatable bonds is 16. The maximum Gasteiger partial charge on any atom is 2.00 e. The quantitative estimate of drug-likeness (QED) is 0.195. The van der Waals surface area contributed by atoms with E-state index in [4.69, 9.17) is 5.11 Å². The first kappa shape index (κ1) is 31.9. The average molecular weight is 501 g/mol. The first-order valence-corrected chi connectivity index (χ1v) is 7.67. The van der Waals surface area contributed by atoms with E-state index in [1.165, 1.54) is 4.90 Å². The fourth-order valence-electron chi connectivity index (χ4n) is 2.19. The van der Waals surface area contributed by atoms with Crippen molar-refractivity contribution in [1.82, 2.24) is 14.7 Å². The SMILES string of the molecule is O=C([O-])CN(CCN(CC(=O)[O-])CC(=O)[O-])CCN(CC(=O)[O-])CC(=O)O.[Fe+2].[Fe+2].